The van der Waals surface area contributed by atoms with Crippen molar-refractivity contribution in [3.8, 4) is 5.69 Å². The Kier molecular flexibility index (Phi) is 5.60. The summed E-state index contributed by atoms with van der Waals surface area (Å²) in [5.41, 5.74) is 2.38. The summed E-state index contributed by atoms with van der Waals surface area (Å²) in [6.07, 6.45) is 3.28. The number of ether oxygens (including phenoxy) is 1. The zero-order valence-corrected chi connectivity index (χ0v) is 14.8. The van der Waals surface area contributed by atoms with Crippen LogP contribution in [0.2, 0.25) is 0 Å². The van der Waals surface area contributed by atoms with Gasteiger partial charge in [-0.05, 0) is 31.5 Å². The first-order chi connectivity index (χ1) is 11.7. The Morgan fingerprint density at radius 2 is 1.83 bits per heavy atom. The Balaban J connectivity index is 1.58. The van der Waals surface area contributed by atoms with Gasteiger partial charge in [0.25, 0.3) is 0 Å². The van der Waals surface area contributed by atoms with Gasteiger partial charge in [0, 0.05) is 45.4 Å². The third-order valence-corrected chi connectivity index (χ3v) is 4.76. The van der Waals surface area contributed by atoms with E-state index in [9.17, 15) is 0 Å². The van der Waals surface area contributed by atoms with Crippen LogP contribution in [-0.2, 0) is 11.3 Å². The fraction of sp³-hybridized carbons (Fsp3) is 0.556. The smallest absolute Gasteiger partial charge is 0.138 e. The van der Waals surface area contributed by atoms with E-state index in [1.807, 2.05) is 0 Å². The lowest BCUT2D eigenvalue weighted by Gasteiger charge is -2.44. The standard InChI is InChI=1S/C18H27N5O/c1-15-10-21(11-16(2)22(15)8-9-24-3)12-17-4-6-18(7-5-17)23-14-19-13-20-23/h4-7,13-16H,8-12H2,1-3H3/t15-,16+. The summed E-state index contributed by atoms with van der Waals surface area (Å²) in [7, 11) is 1.77. The first-order valence-electron chi connectivity index (χ1n) is 8.58. The minimum Gasteiger partial charge on any atom is -0.383 e. The Bertz CT molecular complexity index is 601. The van der Waals surface area contributed by atoms with Crippen molar-refractivity contribution in [2.24, 2.45) is 0 Å². The molecule has 3 rings (SSSR count). The van der Waals surface area contributed by atoms with Gasteiger partial charge in [0.05, 0.1) is 12.3 Å². The van der Waals surface area contributed by atoms with Crippen molar-refractivity contribution in [3.05, 3.63) is 42.5 Å². The van der Waals surface area contributed by atoms with Crippen LogP contribution in [0, 0.1) is 0 Å². The molecule has 0 aliphatic carbocycles. The van der Waals surface area contributed by atoms with Crippen LogP contribution in [-0.4, -0.2) is 70.0 Å². The fourth-order valence-electron chi connectivity index (χ4n) is 3.59. The molecule has 1 aliphatic rings. The summed E-state index contributed by atoms with van der Waals surface area (Å²) in [5.74, 6) is 0. The van der Waals surface area contributed by atoms with E-state index in [0.29, 0.717) is 12.1 Å². The highest BCUT2D eigenvalue weighted by Crippen LogP contribution is 2.18. The molecule has 1 aromatic heterocycles. The Morgan fingerprint density at radius 1 is 1.12 bits per heavy atom. The second-order valence-electron chi connectivity index (χ2n) is 6.63. The fourth-order valence-corrected chi connectivity index (χ4v) is 3.59. The topological polar surface area (TPSA) is 46.4 Å². The maximum absolute atomic E-state index is 5.24. The van der Waals surface area contributed by atoms with Gasteiger partial charge in [-0.15, -0.1) is 0 Å². The van der Waals surface area contributed by atoms with Crippen LogP contribution >= 0.6 is 0 Å². The van der Waals surface area contributed by atoms with Crippen LogP contribution in [0.3, 0.4) is 0 Å². The van der Waals surface area contributed by atoms with E-state index in [0.717, 1.165) is 38.5 Å². The molecule has 24 heavy (non-hydrogen) atoms. The molecular weight excluding hydrogens is 302 g/mol. The van der Waals surface area contributed by atoms with Crippen LogP contribution in [0.15, 0.2) is 36.9 Å². The molecule has 0 unspecified atom stereocenters. The highest BCUT2D eigenvalue weighted by Gasteiger charge is 2.28. The van der Waals surface area contributed by atoms with Crippen molar-refractivity contribution in [2.45, 2.75) is 32.5 Å². The van der Waals surface area contributed by atoms with Gasteiger partial charge >= 0.3 is 0 Å². The molecular formula is C18H27N5O. The molecule has 1 fully saturated rings. The Morgan fingerprint density at radius 3 is 2.42 bits per heavy atom. The lowest BCUT2D eigenvalue weighted by Crippen LogP contribution is -2.56. The molecule has 6 heteroatoms. The third-order valence-electron chi connectivity index (χ3n) is 4.76. The summed E-state index contributed by atoms with van der Waals surface area (Å²) in [5, 5.41) is 4.16. The largest absolute Gasteiger partial charge is 0.383 e. The predicted molar refractivity (Wildman–Crippen MR) is 94.1 cm³/mol. The summed E-state index contributed by atoms with van der Waals surface area (Å²) in [4.78, 5) is 9.08. The van der Waals surface area contributed by atoms with Crippen LogP contribution in [0.1, 0.15) is 19.4 Å². The zero-order valence-electron chi connectivity index (χ0n) is 14.8. The first-order valence-corrected chi connectivity index (χ1v) is 8.58. The summed E-state index contributed by atoms with van der Waals surface area (Å²) in [6.45, 7) is 9.62. The SMILES string of the molecule is COCCN1[C@H](C)CN(Cc2ccc(-n3cncn3)cc2)C[C@@H]1C. The number of methoxy groups -OCH3 is 1. The van der Waals surface area contributed by atoms with E-state index < -0.39 is 0 Å². The molecule has 0 N–H and O–H groups in total. The third kappa shape index (κ3) is 4.01. The van der Waals surface area contributed by atoms with Crippen LogP contribution in [0.5, 0.6) is 0 Å². The van der Waals surface area contributed by atoms with Gasteiger partial charge in [-0.25, -0.2) is 9.67 Å². The van der Waals surface area contributed by atoms with Crippen molar-refractivity contribution in [3.63, 3.8) is 0 Å². The van der Waals surface area contributed by atoms with Gasteiger partial charge in [-0.3, -0.25) is 9.80 Å². The highest BCUT2D eigenvalue weighted by atomic mass is 16.5. The van der Waals surface area contributed by atoms with E-state index in [1.165, 1.54) is 5.56 Å². The maximum Gasteiger partial charge on any atom is 0.138 e. The zero-order chi connectivity index (χ0) is 16.9. The van der Waals surface area contributed by atoms with Gasteiger partial charge in [0.15, 0.2) is 0 Å². The number of rotatable bonds is 6. The number of benzene rings is 1. The van der Waals surface area contributed by atoms with Gasteiger partial charge in [0.2, 0.25) is 0 Å². The number of hydrogen-bond donors (Lipinski definition) is 0. The molecule has 0 amide bonds. The van der Waals surface area contributed by atoms with Crippen molar-refractivity contribution >= 4 is 0 Å². The molecule has 1 saturated heterocycles. The number of piperazine rings is 1. The molecule has 2 atom stereocenters. The number of aromatic nitrogens is 3. The van der Waals surface area contributed by atoms with Crippen molar-refractivity contribution < 1.29 is 4.74 Å². The monoisotopic (exact) mass is 329 g/mol. The van der Waals surface area contributed by atoms with E-state index in [4.69, 9.17) is 4.74 Å². The average Bonchev–Trinajstić information content (AvgIpc) is 3.09. The van der Waals surface area contributed by atoms with Gasteiger partial charge in [-0.1, -0.05) is 12.1 Å². The minimum atomic E-state index is 0.554. The maximum atomic E-state index is 5.24. The second-order valence-corrected chi connectivity index (χ2v) is 6.63. The van der Waals surface area contributed by atoms with E-state index in [2.05, 4.69) is 58.0 Å². The molecule has 1 aliphatic heterocycles. The summed E-state index contributed by atoms with van der Waals surface area (Å²) >= 11 is 0. The van der Waals surface area contributed by atoms with Crippen LogP contribution in [0.25, 0.3) is 5.69 Å². The van der Waals surface area contributed by atoms with Crippen LogP contribution in [0.4, 0.5) is 0 Å². The van der Waals surface area contributed by atoms with E-state index >= 15 is 0 Å². The Hall–Kier alpha value is -1.76. The molecule has 130 valence electrons. The quantitative estimate of drug-likeness (QED) is 0.809. The molecule has 0 radical (unpaired) electrons. The summed E-state index contributed by atoms with van der Waals surface area (Å²) < 4.78 is 7.02. The number of nitrogens with zero attached hydrogens (tertiary/aromatic N) is 5. The van der Waals surface area contributed by atoms with Gasteiger partial charge in [-0.2, -0.15) is 5.10 Å². The average molecular weight is 329 g/mol. The van der Waals surface area contributed by atoms with Gasteiger partial charge in [0.1, 0.15) is 12.7 Å². The normalized spacial score (nSPS) is 22.8. The van der Waals surface area contributed by atoms with E-state index in [-0.39, 0.29) is 0 Å². The molecule has 2 aromatic rings. The lowest BCUT2D eigenvalue weighted by molar-refractivity contribution is 0.0179. The van der Waals surface area contributed by atoms with Crippen molar-refractivity contribution in [1.29, 1.82) is 0 Å². The van der Waals surface area contributed by atoms with Crippen molar-refractivity contribution in [2.75, 3.05) is 33.4 Å². The predicted octanol–water partition coefficient (Wildman–Crippen LogP) is 1.81. The molecule has 2 heterocycles. The second kappa shape index (κ2) is 7.88. The van der Waals surface area contributed by atoms with Gasteiger partial charge < -0.3 is 4.74 Å². The molecule has 1 aromatic carbocycles. The number of hydrogen-bond acceptors (Lipinski definition) is 5. The molecule has 0 spiro atoms. The first kappa shape index (κ1) is 17.1. The molecule has 6 nitrogen and oxygen atoms in total. The van der Waals surface area contributed by atoms with E-state index in [1.54, 1.807) is 24.4 Å². The van der Waals surface area contributed by atoms with Crippen LogP contribution < -0.4 is 0 Å². The molecule has 0 saturated carbocycles. The van der Waals surface area contributed by atoms with Crippen molar-refractivity contribution in [1.82, 2.24) is 24.6 Å². The molecule has 0 bridgehead atoms. The Labute approximate surface area is 144 Å². The highest BCUT2D eigenvalue weighted by molar-refractivity contribution is 5.33. The lowest BCUT2D eigenvalue weighted by atomic mass is 10.1. The summed E-state index contributed by atoms with van der Waals surface area (Å²) in [6, 6.07) is 9.68. The minimum absolute atomic E-state index is 0.554.